The Kier molecular flexibility index (Phi) is 5.00. The first kappa shape index (κ1) is 20.4. The van der Waals surface area contributed by atoms with Crippen molar-refractivity contribution in [2.24, 2.45) is 0 Å². The van der Waals surface area contributed by atoms with Gasteiger partial charge < -0.3 is 19.7 Å². The van der Waals surface area contributed by atoms with E-state index < -0.39 is 17.5 Å². The number of carbonyl (C=O) groups excluding carboxylic acids is 3. The molecular weight excluding hydrogens is 410 g/mol. The molecule has 0 aromatic heterocycles. The van der Waals surface area contributed by atoms with E-state index in [9.17, 15) is 14.4 Å². The summed E-state index contributed by atoms with van der Waals surface area (Å²) < 4.78 is 11.4. The maximum atomic E-state index is 13.3. The molecule has 0 spiro atoms. The minimum Gasteiger partial charge on any atom is -0.490 e. The Balaban J connectivity index is 1.33. The number of benzene rings is 2. The predicted molar refractivity (Wildman–Crippen MR) is 115 cm³/mol. The SMILES string of the molecule is C[C@@]1(c2ccc3c(c2)OCCCO3)NC(=O)N(CC(=O)N2CCc3ccccc3C2)C1=O. The lowest BCUT2D eigenvalue weighted by Gasteiger charge is -2.30. The highest BCUT2D eigenvalue weighted by molar-refractivity contribution is 6.09. The fourth-order valence-corrected chi connectivity index (χ4v) is 4.45. The minimum atomic E-state index is -1.28. The first-order valence-electron chi connectivity index (χ1n) is 10.8. The number of hydrogen-bond donors (Lipinski definition) is 1. The largest absolute Gasteiger partial charge is 0.490 e. The molecule has 1 N–H and O–H groups in total. The van der Waals surface area contributed by atoms with Gasteiger partial charge in [0.25, 0.3) is 5.91 Å². The average Bonchev–Trinajstić information content (AvgIpc) is 2.96. The molecule has 4 amide bonds. The van der Waals surface area contributed by atoms with Crippen molar-refractivity contribution in [1.82, 2.24) is 15.1 Å². The van der Waals surface area contributed by atoms with Gasteiger partial charge in [-0.1, -0.05) is 30.3 Å². The molecule has 3 aliphatic heterocycles. The Labute approximate surface area is 186 Å². The molecule has 8 nitrogen and oxygen atoms in total. The van der Waals surface area contributed by atoms with Crippen LogP contribution in [-0.2, 0) is 28.1 Å². The molecule has 0 bridgehead atoms. The molecule has 3 heterocycles. The third-order valence-corrected chi connectivity index (χ3v) is 6.38. The van der Waals surface area contributed by atoms with Crippen molar-refractivity contribution in [2.75, 3.05) is 26.3 Å². The molecule has 1 saturated heterocycles. The van der Waals surface area contributed by atoms with Crippen molar-refractivity contribution in [1.29, 1.82) is 0 Å². The summed E-state index contributed by atoms with van der Waals surface area (Å²) in [5, 5.41) is 2.76. The van der Waals surface area contributed by atoms with Crippen molar-refractivity contribution in [3.8, 4) is 11.5 Å². The van der Waals surface area contributed by atoms with E-state index in [2.05, 4.69) is 11.4 Å². The van der Waals surface area contributed by atoms with Gasteiger partial charge in [0.2, 0.25) is 5.91 Å². The highest BCUT2D eigenvalue weighted by Crippen LogP contribution is 2.36. The zero-order valence-corrected chi connectivity index (χ0v) is 17.9. The molecule has 0 unspecified atom stereocenters. The quantitative estimate of drug-likeness (QED) is 0.747. The standard InChI is InChI=1S/C24H25N3O5/c1-24(18-7-8-19-20(13-18)32-12-4-11-31-19)22(29)27(23(30)25-24)15-21(28)26-10-9-16-5-2-3-6-17(16)14-26/h2-3,5-8,13H,4,9-12,14-15H2,1H3,(H,25,30)/t24-/m0/s1. The van der Waals surface area contributed by atoms with Crippen molar-refractivity contribution in [2.45, 2.75) is 31.8 Å². The van der Waals surface area contributed by atoms with E-state index in [1.54, 1.807) is 30.0 Å². The van der Waals surface area contributed by atoms with Gasteiger partial charge in [-0.2, -0.15) is 0 Å². The van der Waals surface area contributed by atoms with Gasteiger partial charge in [-0.15, -0.1) is 0 Å². The van der Waals surface area contributed by atoms with Crippen LogP contribution in [0.15, 0.2) is 42.5 Å². The van der Waals surface area contributed by atoms with Gasteiger partial charge in [-0.25, -0.2) is 4.79 Å². The molecule has 2 aromatic carbocycles. The van der Waals surface area contributed by atoms with E-state index in [1.807, 2.05) is 18.2 Å². The number of urea groups is 1. The normalized spacial score (nSPS) is 22.3. The maximum absolute atomic E-state index is 13.3. The lowest BCUT2D eigenvalue weighted by molar-refractivity contribution is -0.139. The number of hydrogen-bond acceptors (Lipinski definition) is 5. The lowest BCUT2D eigenvalue weighted by Crippen LogP contribution is -2.45. The van der Waals surface area contributed by atoms with Crippen LogP contribution >= 0.6 is 0 Å². The molecule has 5 rings (SSSR count). The summed E-state index contributed by atoms with van der Waals surface area (Å²) in [6, 6.07) is 12.7. The minimum absolute atomic E-state index is 0.245. The number of rotatable bonds is 3. The van der Waals surface area contributed by atoms with E-state index in [0.29, 0.717) is 43.4 Å². The number of nitrogens with zero attached hydrogens (tertiary/aromatic N) is 2. The van der Waals surface area contributed by atoms with Crippen LogP contribution in [-0.4, -0.2) is 53.9 Å². The molecule has 0 aliphatic carbocycles. The van der Waals surface area contributed by atoms with Crippen molar-refractivity contribution in [3.63, 3.8) is 0 Å². The summed E-state index contributed by atoms with van der Waals surface area (Å²) in [5.41, 5.74) is 1.63. The van der Waals surface area contributed by atoms with E-state index in [0.717, 1.165) is 23.3 Å². The number of amides is 4. The van der Waals surface area contributed by atoms with E-state index in [1.165, 1.54) is 5.56 Å². The maximum Gasteiger partial charge on any atom is 0.325 e. The fourth-order valence-electron chi connectivity index (χ4n) is 4.45. The zero-order valence-electron chi connectivity index (χ0n) is 17.9. The van der Waals surface area contributed by atoms with Gasteiger partial charge in [-0.3, -0.25) is 14.5 Å². The fraction of sp³-hybridized carbons (Fsp3) is 0.375. The predicted octanol–water partition coefficient (Wildman–Crippen LogP) is 2.20. The van der Waals surface area contributed by atoms with Crippen LogP contribution in [0.4, 0.5) is 4.79 Å². The monoisotopic (exact) mass is 435 g/mol. The Bertz CT molecular complexity index is 1100. The summed E-state index contributed by atoms with van der Waals surface area (Å²) in [4.78, 5) is 41.6. The molecule has 0 radical (unpaired) electrons. The van der Waals surface area contributed by atoms with Crippen molar-refractivity contribution >= 4 is 17.8 Å². The van der Waals surface area contributed by atoms with E-state index in [4.69, 9.17) is 9.47 Å². The summed E-state index contributed by atoms with van der Waals surface area (Å²) >= 11 is 0. The van der Waals surface area contributed by atoms with Crippen LogP contribution in [0.3, 0.4) is 0 Å². The van der Waals surface area contributed by atoms with Crippen LogP contribution < -0.4 is 14.8 Å². The third kappa shape index (κ3) is 3.45. The highest BCUT2D eigenvalue weighted by atomic mass is 16.5. The van der Waals surface area contributed by atoms with Crippen LogP contribution in [0.2, 0.25) is 0 Å². The first-order valence-corrected chi connectivity index (χ1v) is 10.8. The van der Waals surface area contributed by atoms with Crippen LogP contribution in [0.25, 0.3) is 0 Å². The molecule has 2 aromatic rings. The number of ether oxygens (including phenoxy) is 2. The third-order valence-electron chi connectivity index (χ3n) is 6.38. The molecule has 32 heavy (non-hydrogen) atoms. The summed E-state index contributed by atoms with van der Waals surface area (Å²) in [6.45, 7) is 3.50. The summed E-state index contributed by atoms with van der Waals surface area (Å²) in [6.07, 6.45) is 1.53. The number of imide groups is 1. The molecule has 1 fully saturated rings. The van der Waals surface area contributed by atoms with E-state index >= 15 is 0 Å². The Hall–Kier alpha value is -3.55. The van der Waals surface area contributed by atoms with Gasteiger partial charge in [0.15, 0.2) is 11.5 Å². The summed E-state index contributed by atoms with van der Waals surface area (Å²) in [5.74, 6) is 0.461. The Morgan fingerprint density at radius 1 is 1.06 bits per heavy atom. The smallest absolute Gasteiger partial charge is 0.325 e. The van der Waals surface area contributed by atoms with Gasteiger partial charge >= 0.3 is 6.03 Å². The molecule has 0 saturated carbocycles. The number of fused-ring (bicyclic) bond motifs is 2. The second kappa shape index (κ2) is 7.85. The second-order valence-corrected chi connectivity index (χ2v) is 8.49. The zero-order chi connectivity index (χ0) is 22.3. The second-order valence-electron chi connectivity index (χ2n) is 8.49. The van der Waals surface area contributed by atoms with Crippen LogP contribution in [0.1, 0.15) is 30.0 Å². The summed E-state index contributed by atoms with van der Waals surface area (Å²) in [7, 11) is 0. The topological polar surface area (TPSA) is 88.2 Å². The van der Waals surface area contributed by atoms with E-state index in [-0.39, 0.29) is 12.5 Å². The van der Waals surface area contributed by atoms with Crippen molar-refractivity contribution < 1.29 is 23.9 Å². The molecule has 8 heteroatoms. The highest BCUT2D eigenvalue weighted by Gasteiger charge is 2.50. The molecule has 166 valence electrons. The van der Waals surface area contributed by atoms with Gasteiger partial charge in [0.05, 0.1) is 13.2 Å². The van der Waals surface area contributed by atoms with Gasteiger partial charge in [0.1, 0.15) is 12.1 Å². The molecular formula is C24H25N3O5. The number of carbonyl (C=O) groups is 3. The van der Waals surface area contributed by atoms with Gasteiger partial charge in [0, 0.05) is 19.5 Å². The van der Waals surface area contributed by atoms with Gasteiger partial charge in [-0.05, 0) is 42.2 Å². The van der Waals surface area contributed by atoms with Crippen molar-refractivity contribution in [3.05, 3.63) is 59.2 Å². The molecule has 3 aliphatic rings. The molecule has 1 atom stereocenters. The lowest BCUT2D eigenvalue weighted by atomic mass is 9.91. The number of nitrogens with one attached hydrogen (secondary N) is 1. The van der Waals surface area contributed by atoms with Crippen LogP contribution in [0, 0.1) is 0 Å². The first-order chi connectivity index (χ1) is 15.5. The van der Waals surface area contributed by atoms with Crippen LogP contribution in [0.5, 0.6) is 11.5 Å². The Morgan fingerprint density at radius 3 is 2.62 bits per heavy atom. The Morgan fingerprint density at radius 2 is 1.81 bits per heavy atom. The average molecular weight is 435 g/mol.